The van der Waals surface area contributed by atoms with Crippen LogP contribution < -0.4 is 5.32 Å². The van der Waals surface area contributed by atoms with Crippen molar-refractivity contribution in [1.29, 1.82) is 0 Å². The van der Waals surface area contributed by atoms with Crippen LogP contribution >= 0.6 is 11.8 Å². The van der Waals surface area contributed by atoms with E-state index in [1.807, 2.05) is 32.0 Å². The first-order valence-corrected chi connectivity index (χ1v) is 9.86. The number of amidine groups is 1. The molecule has 1 saturated heterocycles. The van der Waals surface area contributed by atoms with Gasteiger partial charge in [0, 0.05) is 19.2 Å². The maximum Gasteiger partial charge on any atom is 0.335 e. The molecule has 0 saturated carbocycles. The predicted molar refractivity (Wildman–Crippen MR) is 114 cm³/mol. The van der Waals surface area contributed by atoms with E-state index in [-0.39, 0.29) is 23.8 Å². The van der Waals surface area contributed by atoms with E-state index in [1.54, 1.807) is 19.2 Å². The van der Waals surface area contributed by atoms with E-state index in [2.05, 4.69) is 10.3 Å². The number of aromatic carboxylic acids is 1. The Morgan fingerprint density at radius 3 is 2.62 bits per heavy atom. The Hall–Kier alpha value is -3.13. The number of carboxylic acids is 1. The first-order chi connectivity index (χ1) is 13.7. The lowest BCUT2D eigenvalue weighted by molar-refractivity contribution is -0.128. The minimum Gasteiger partial charge on any atom is -0.478 e. The van der Waals surface area contributed by atoms with Gasteiger partial charge < -0.3 is 10.4 Å². The van der Waals surface area contributed by atoms with Gasteiger partial charge >= 0.3 is 5.97 Å². The molecule has 1 aliphatic heterocycles. The summed E-state index contributed by atoms with van der Waals surface area (Å²) in [4.78, 5) is 42.2. The number of aliphatic imine (C=N–C) groups is 1. The van der Waals surface area contributed by atoms with Crippen molar-refractivity contribution < 1.29 is 19.5 Å². The van der Waals surface area contributed by atoms with Gasteiger partial charge in [-0.3, -0.25) is 14.5 Å². The Bertz CT molecular complexity index is 1020. The van der Waals surface area contributed by atoms with Crippen molar-refractivity contribution in [2.45, 2.75) is 25.5 Å². The minimum atomic E-state index is -1.08. The molecule has 2 aromatic rings. The van der Waals surface area contributed by atoms with E-state index in [9.17, 15) is 14.4 Å². The quantitative estimate of drug-likeness (QED) is 0.801. The van der Waals surface area contributed by atoms with E-state index in [1.165, 1.54) is 28.8 Å². The molecule has 0 radical (unpaired) electrons. The molecule has 0 aliphatic carbocycles. The molecule has 1 fully saturated rings. The number of amides is 2. The molecular weight excluding hydrogens is 390 g/mol. The van der Waals surface area contributed by atoms with Crippen molar-refractivity contribution in [2.75, 3.05) is 12.4 Å². The van der Waals surface area contributed by atoms with Crippen LogP contribution in [0.1, 0.15) is 27.9 Å². The molecule has 3 rings (SSSR count). The molecule has 2 N–H and O–H groups in total. The molecule has 0 spiro atoms. The third-order valence-electron chi connectivity index (χ3n) is 4.65. The number of carbonyl (C=O) groups excluding carboxylic acids is 2. The van der Waals surface area contributed by atoms with E-state index in [0.29, 0.717) is 16.5 Å². The molecule has 2 aromatic carbocycles. The van der Waals surface area contributed by atoms with Crippen LogP contribution in [0.15, 0.2) is 47.5 Å². The number of benzene rings is 2. The third kappa shape index (κ3) is 4.83. The highest BCUT2D eigenvalue weighted by atomic mass is 32.2. The summed E-state index contributed by atoms with van der Waals surface area (Å²) in [7, 11) is 1.64. The summed E-state index contributed by atoms with van der Waals surface area (Å²) in [6, 6.07) is 11.8. The zero-order valence-electron chi connectivity index (χ0n) is 16.3. The van der Waals surface area contributed by atoms with Crippen LogP contribution in [0.25, 0.3) is 0 Å². The van der Waals surface area contributed by atoms with Crippen LogP contribution in [-0.4, -0.2) is 45.3 Å². The smallest absolute Gasteiger partial charge is 0.335 e. The van der Waals surface area contributed by atoms with Crippen molar-refractivity contribution in [2.24, 2.45) is 4.99 Å². The van der Waals surface area contributed by atoms with Gasteiger partial charge in [0.05, 0.1) is 11.3 Å². The van der Waals surface area contributed by atoms with Gasteiger partial charge in [0.15, 0.2) is 5.17 Å². The zero-order chi connectivity index (χ0) is 21.1. The molecule has 2 amide bonds. The average molecular weight is 411 g/mol. The van der Waals surface area contributed by atoms with E-state index < -0.39 is 11.2 Å². The number of anilines is 1. The molecule has 1 atom stereocenters. The lowest BCUT2D eigenvalue weighted by Crippen LogP contribution is -2.43. The Kier molecular flexibility index (Phi) is 6.03. The molecule has 1 heterocycles. The van der Waals surface area contributed by atoms with Gasteiger partial charge in [-0.15, -0.1) is 0 Å². The highest BCUT2D eigenvalue weighted by Crippen LogP contribution is 2.29. The summed E-state index contributed by atoms with van der Waals surface area (Å²) < 4.78 is 0. The van der Waals surface area contributed by atoms with E-state index in [0.717, 1.165) is 11.1 Å². The number of aryl methyl sites for hydroxylation is 2. The van der Waals surface area contributed by atoms with Gasteiger partial charge in [0.25, 0.3) is 0 Å². The lowest BCUT2D eigenvalue weighted by atomic mass is 10.1. The number of thioether (sulfide) groups is 1. The van der Waals surface area contributed by atoms with Gasteiger partial charge in [0.1, 0.15) is 5.25 Å². The highest BCUT2D eigenvalue weighted by molar-refractivity contribution is 8.15. The largest absolute Gasteiger partial charge is 0.478 e. The first kappa shape index (κ1) is 20.6. The number of carbonyl (C=O) groups is 3. The first-order valence-electron chi connectivity index (χ1n) is 8.98. The number of rotatable bonds is 4. The summed E-state index contributed by atoms with van der Waals surface area (Å²) in [5.74, 6) is -1.65. The highest BCUT2D eigenvalue weighted by Gasteiger charge is 2.34. The maximum absolute atomic E-state index is 12.7. The van der Waals surface area contributed by atoms with E-state index >= 15 is 0 Å². The summed E-state index contributed by atoms with van der Waals surface area (Å²) >= 11 is 1.21. The van der Waals surface area contributed by atoms with Gasteiger partial charge in [-0.25, -0.2) is 9.79 Å². The molecule has 0 bridgehead atoms. The molecule has 29 heavy (non-hydrogen) atoms. The molecule has 150 valence electrons. The van der Waals surface area contributed by atoms with Crippen molar-refractivity contribution in [1.82, 2.24) is 4.90 Å². The fourth-order valence-corrected chi connectivity index (χ4v) is 3.82. The Balaban J connectivity index is 1.79. The van der Waals surface area contributed by atoms with Crippen molar-refractivity contribution in [3.05, 3.63) is 59.2 Å². The third-order valence-corrected chi connectivity index (χ3v) is 5.89. The standard InChI is InChI=1S/C21H21N3O4S/c1-12-7-8-16(9-13(12)2)23-21-24(3)18(25)11-17(29-21)19(26)22-15-6-4-5-14(10-15)20(27)28/h4-10,17H,11H2,1-3H3,(H,22,26)(H,27,28)/t17-/m1/s1. The maximum atomic E-state index is 12.7. The Labute approximate surface area is 172 Å². The number of hydrogen-bond donors (Lipinski definition) is 2. The second-order valence-electron chi connectivity index (χ2n) is 6.80. The van der Waals surface area contributed by atoms with Crippen LogP contribution in [0, 0.1) is 13.8 Å². The summed E-state index contributed by atoms with van der Waals surface area (Å²) in [5.41, 5.74) is 3.40. The average Bonchev–Trinajstić information content (AvgIpc) is 2.68. The Morgan fingerprint density at radius 1 is 1.17 bits per heavy atom. The fourth-order valence-electron chi connectivity index (χ4n) is 2.76. The lowest BCUT2D eigenvalue weighted by Gasteiger charge is -2.28. The molecule has 1 aliphatic rings. The summed E-state index contributed by atoms with van der Waals surface area (Å²) in [6.07, 6.45) is 0.0393. The van der Waals surface area contributed by atoms with Crippen molar-refractivity contribution >= 4 is 46.1 Å². The predicted octanol–water partition coefficient (Wildman–Crippen LogP) is 3.59. The van der Waals surface area contributed by atoms with E-state index in [4.69, 9.17) is 5.11 Å². The van der Waals surface area contributed by atoms with Gasteiger partial charge in [-0.2, -0.15) is 0 Å². The number of hydrogen-bond acceptors (Lipinski definition) is 5. The molecule has 0 unspecified atom stereocenters. The zero-order valence-corrected chi connectivity index (χ0v) is 17.1. The molecule has 8 heteroatoms. The molecule has 0 aromatic heterocycles. The topological polar surface area (TPSA) is 99.1 Å². The Morgan fingerprint density at radius 2 is 1.93 bits per heavy atom. The van der Waals surface area contributed by atoms with Gasteiger partial charge in [-0.05, 0) is 55.3 Å². The van der Waals surface area contributed by atoms with Crippen LogP contribution in [0.5, 0.6) is 0 Å². The normalized spacial score (nSPS) is 18.0. The van der Waals surface area contributed by atoms with Crippen molar-refractivity contribution in [3.63, 3.8) is 0 Å². The van der Waals surface area contributed by atoms with Crippen molar-refractivity contribution in [3.8, 4) is 0 Å². The monoisotopic (exact) mass is 411 g/mol. The number of carboxylic acid groups (broad SMARTS) is 1. The molecular formula is C21H21N3O4S. The second kappa shape index (κ2) is 8.48. The minimum absolute atomic E-state index is 0.0393. The summed E-state index contributed by atoms with van der Waals surface area (Å²) in [5, 5.41) is 11.6. The van der Waals surface area contributed by atoms with Gasteiger partial charge in [-0.1, -0.05) is 23.9 Å². The number of nitrogens with one attached hydrogen (secondary N) is 1. The van der Waals surface area contributed by atoms with Crippen LogP contribution in [-0.2, 0) is 9.59 Å². The fraction of sp³-hybridized carbons (Fsp3) is 0.238. The van der Waals surface area contributed by atoms with Crippen LogP contribution in [0.3, 0.4) is 0 Å². The number of nitrogens with zero attached hydrogens (tertiary/aromatic N) is 2. The van der Waals surface area contributed by atoms with Crippen LogP contribution in [0.4, 0.5) is 11.4 Å². The van der Waals surface area contributed by atoms with Gasteiger partial charge in [0.2, 0.25) is 11.8 Å². The second-order valence-corrected chi connectivity index (χ2v) is 7.97. The van der Waals surface area contributed by atoms with Crippen LogP contribution in [0.2, 0.25) is 0 Å². The SMILES string of the molecule is Cc1ccc(N=C2S[C@@H](C(=O)Nc3cccc(C(=O)O)c3)CC(=O)N2C)cc1C. The summed E-state index contributed by atoms with van der Waals surface area (Å²) in [6.45, 7) is 4.00. The molecule has 7 nitrogen and oxygen atoms in total.